The Hall–Kier alpha value is -1.40. The summed E-state index contributed by atoms with van der Waals surface area (Å²) in [5.41, 5.74) is 0. The van der Waals surface area contributed by atoms with Gasteiger partial charge in [-0.3, -0.25) is 9.59 Å². The summed E-state index contributed by atoms with van der Waals surface area (Å²) in [5, 5.41) is 23.8. The third kappa shape index (κ3) is 45.2. The van der Waals surface area contributed by atoms with Crippen LogP contribution in [0.4, 0.5) is 0 Å². The summed E-state index contributed by atoms with van der Waals surface area (Å²) in [6.45, 7) is 6.50. The predicted molar refractivity (Wildman–Crippen MR) is 269 cm³/mol. The smallest absolute Gasteiger partial charge is 0.306 e. The number of unbranched alkanes of at least 4 members (excludes halogenated alkanes) is 37. The molecule has 0 heterocycles. The molecule has 0 aromatic rings. The van der Waals surface area contributed by atoms with Crippen LogP contribution in [0.25, 0.3) is 0 Å². The van der Waals surface area contributed by atoms with Crippen LogP contribution in [0, 0.1) is 0 Å². The molecule has 0 saturated heterocycles. The van der Waals surface area contributed by atoms with Gasteiger partial charge in [-0.2, -0.15) is 0 Å². The Morgan fingerprint density at radius 2 is 0.790 bits per heavy atom. The number of nitrogens with one attached hydrogen (secondary N) is 1. The summed E-state index contributed by atoms with van der Waals surface area (Å²) < 4.78 is 5.93. The average Bonchev–Trinajstić information content (AvgIpc) is 3.26. The molecule has 1 amide bonds. The minimum absolute atomic E-state index is 0.0639. The number of esters is 1. The molecule has 0 aliphatic rings. The first kappa shape index (κ1) is 60.6. The van der Waals surface area contributed by atoms with Gasteiger partial charge in [-0.15, -0.1) is 0 Å². The van der Waals surface area contributed by atoms with Gasteiger partial charge in [-0.1, -0.05) is 264 Å². The van der Waals surface area contributed by atoms with Gasteiger partial charge in [0.15, 0.2) is 0 Å². The first-order valence-electron chi connectivity index (χ1n) is 27.9. The molecule has 0 rings (SSSR count). The molecular weight excluding hydrogens is 767 g/mol. The van der Waals surface area contributed by atoms with Crippen LogP contribution in [0.1, 0.15) is 310 Å². The quantitative estimate of drug-likeness (QED) is 0.0321. The lowest BCUT2D eigenvalue weighted by molar-refractivity contribution is -0.151. The van der Waals surface area contributed by atoms with Crippen LogP contribution < -0.4 is 5.32 Å². The number of carbonyl (C=O) groups excluding carboxylic acids is 2. The van der Waals surface area contributed by atoms with E-state index in [1.807, 2.05) is 0 Å². The number of hydrogen-bond acceptors (Lipinski definition) is 5. The van der Waals surface area contributed by atoms with Crippen LogP contribution in [-0.2, 0) is 14.3 Å². The summed E-state index contributed by atoms with van der Waals surface area (Å²) in [4.78, 5) is 26.2. The highest BCUT2D eigenvalue weighted by molar-refractivity contribution is 5.77. The van der Waals surface area contributed by atoms with Crippen molar-refractivity contribution in [1.29, 1.82) is 0 Å². The van der Waals surface area contributed by atoms with Gasteiger partial charge in [0.1, 0.15) is 6.10 Å². The van der Waals surface area contributed by atoms with E-state index in [4.69, 9.17) is 4.74 Å². The van der Waals surface area contributed by atoms with Gasteiger partial charge in [0, 0.05) is 6.42 Å². The standard InChI is InChI=1S/C56H109NO5/c1-4-7-10-13-16-19-22-24-26-27-28-29-31-34-37-40-43-46-49-56(61)62-52(47-44-41-38-35-32-21-18-15-12-9-6-3)50-55(60)57-53(51-58)54(59)48-45-42-39-36-33-30-25-23-20-17-14-11-8-5-2/h35,38,52-54,58-59H,4-34,36-37,39-51H2,1-3H3,(H,57,60)/b38-35-. The van der Waals surface area contributed by atoms with Crippen molar-refractivity contribution in [2.45, 2.75) is 328 Å². The lowest BCUT2D eigenvalue weighted by Gasteiger charge is -2.24. The second kappa shape index (κ2) is 50.6. The van der Waals surface area contributed by atoms with E-state index < -0.39 is 18.2 Å². The molecule has 6 nitrogen and oxygen atoms in total. The summed E-state index contributed by atoms with van der Waals surface area (Å²) in [6, 6.07) is -0.703. The van der Waals surface area contributed by atoms with E-state index in [9.17, 15) is 19.8 Å². The molecule has 3 unspecified atom stereocenters. The van der Waals surface area contributed by atoms with Gasteiger partial charge in [-0.25, -0.2) is 0 Å². The highest BCUT2D eigenvalue weighted by Crippen LogP contribution is 2.18. The van der Waals surface area contributed by atoms with E-state index in [-0.39, 0.29) is 24.9 Å². The molecule has 0 saturated carbocycles. The minimum atomic E-state index is -0.788. The molecule has 368 valence electrons. The normalized spacial score (nSPS) is 13.2. The zero-order valence-corrected chi connectivity index (χ0v) is 42.0. The largest absolute Gasteiger partial charge is 0.462 e. The molecule has 0 bridgehead atoms. The molecule has 62 heavy (non-hydrogen) atoms. The van der Waals surface area contributed by atoms with Gasteiger partial charge in [0.2, 0.25) is 5.91 Å². The Bertz CT molecular complexity index is 939. The van der Waals surface area contributed by atoms with E-state index >= 15 is 0 Å². The van der Waals surface area contributed by atoms with Crippen LogP contribution in [0.15, 0.2) is 12.2 Å². The van der Waals surface area contributed by atoms with Gasteiger partial charge < -0.3 is 20.3 Å². The topological polar surface area (TPSA) is 95.9 Å². The van der Waals surface area contributed by atoms with Crippen LogP contribution in [-0.4, -0.2) is 46.9 Å². The van der Waals surface area contributed by atoms with Gasteiger partial charge in [0.05, 0.1) is 25.2 Å². The first-order valence-corrected chi connectivity index (χ1v) is 27.9. The summed E-state index contributed by atoms with van der Waals surface area (Å²) >= 11 is 0. The third-order valence-electron chi connectivity index (χ3n) is 13.1. The average molecular weight is 876 g/mol. The van der Waals surface area contributed by atoms with Crippen molar-refractivity contribution in [3.63, 3.8) is 0 Å². The lowest BCUT2D eigenvalue weighted by Crippen LogP contribution is -2.46. The van der Waals surface area contributed by atoms with E-state index in [0.29, 0.717) is 19.3 Å². The Kier molecular flexibility index (Phi) is 49.5. The van der Waals surface area contributed by atoms with Crippen LogP contribution in [0.2, 0.25) is 0 Å². The van der Waals surface area contributed by atoms with Gasteiger partial charge >= 0.3 is 5.97 Å². The molecule has 0 aromatic carbocycles. The van der Waals surface area contributed by atoms with Crippen LogP contribution in [0.5, 0.6) is 0 Å². The molecule has 0 fully saturated rings. The number of amides is 1. The number of aliphatic hydroxyl groups is 2. The molecule has 0 aliphatic carbocycles. The maximum absolute atomic E-state index is 13.2. The van der Waals surface area contributed by atoms with Crippen molar-refractivity contribution < 1.29 is 24.5 Å². The Balaban J connectivity index is 4.45. The lowest BCUT2D eigenvalue weighted by atomic mass is 10.0. The Morgan fingerprint density at radius 1 is 0.452 bits per heavy atom. The fraction of sp³-hybridized carbons (Fsp3) is 0.929. The zero-order valence-electron chi connectivity index (χ0n) is 42.0. The number of allylic oxidation sites excluding steroid dienone is 2. The first-order chi connectivity index (χ1) is 30.5. The fourth-order valence-electron chi connectivity index (χ4n) is 8.85. The zero-order chi connectivity index (χ0) is 45.2. The fourth-order valence-corrected chi connectivity index (χ4v) is 8.85. The molecule has 0 aliphatic heterocycles. The third-order valence-corrected chi connectivity index (χ3v) is 13.1. The minimum Gasteiger partial charge on any atom is -0.462 e. The van der Waals surface area contributed by atoms with Crippen molar-refractivity contribution in [1.82, 2.24) is 5.32 Å². The monoisotopic (exact) mass is 876 g/mol. The molecule has 0 aromatic heterocycles. The maximum Gasteiger partial charge on any atom is 0.306 e. The maximum atomic E-state index is 13.2. The predicted octanol–water partition coefficient (Wildman–Crippen LogP) is 16.9. The second-order valence-corrected chi connectivity index (χ2v) is 19.3. The number of ether oxygens (including phenoxy) is 1. The molecular formula is C56H109NO5. The van der Waals surface area contributed by atoms with Gasteiger partial charge in [0.25, 0.3) is 0 Å². The SMILES string of the molecule is CCCCCCCC/C=C\CCCC(CC(=O)NC(CO)C(O)CCCCCCCCCCCCCCCC)OC(=O)CCCCCCCCCCCCCCCCCCCC. The number of rotatable bonds is 51. The number of hydrogen-bond donors (Lipinski definition) is 3. The molecule has 3 N–H and O–H groups in total. The molecule has 0 spiro atoms. The highest BCUT2D eigenvalue weighted by Gasteiger charge is 2.24. The van der Waals surface area contributed by atoms with Crippen molar-refractivity contribution in [3.05, 3.63) is 12.2 Å². The summed E-state index contributed by atoms with van der Waals surface area (Å²) in [6.07, 6.45) is 57.1. The highest BCUT2D eigenvalue weighted by atomic mass is 16.5. The van der Waals surface area contributed by atoms with Gasteiger partial charge in [-0.05, 0) is 44.9 Å². The molecule has 0 radical (unpaired) electrons. The summed E-state index contributed by atoms with van der Waals surface area (Å²) in [7, 11) is 0. The molecule has 6 heteroatoms. The van der Waals surface area contributed by atoms with Crippen LogP contribution >= 0.6 is 0 Å². The second-order valence-electron chi connectivity index (χ2n) is 19.3. The van der Waals surface area contributed by atoms with E-state index in [1.165, 1.54) is 212 Å². The number of aliphatic hydroxyl groups excluding tert-OH is 2. The molecule has 3 atom stereocenters. The van der Waals surface area contributed by atoms with Crippen LogP contribution in [0.3, 0.4) is 0 Å². The van der Waals surface area contributed by atoms with Crippen molar-refractivity contribution in [2.75, 3.05) is 6.61 Å². The number of carbonyl (C=O) groups is 2. The Labute approximate surface area is 387 Å². The van der Waals surface area contributed by atoms with Crippen molar-refractivity contribution in [3.8, 4) is 0 Å². The van der Waals surface area contributed by atoms with E-state index in [1.54, 1.807) is 0 Å². The van der Waals surface area contributed by atoms with E-state index in [0.717, 1.165) is 51.4 Å². The Morgan fingerprint density at radius 3 is 1.18 bits per heavy atom. The van der Waals surface area contributed by atoms with Crippen molar-refractivity contribution >= 4 is 11.9 Å². The van der Waals surface area contributed by atoms with Crippen molar-refractivity contribution in [2.24, 2.45) is 0 Å². The van der Waals surface area contributed by atoms with E-state index in [2.05, 4.69) is 38.2 Å². The summed E-state index contributed by atoms with van der Waals surface area (Å²) in [5.74, 6) is -0.483.